The normalized spacial score (nSPS) is 18.5. The number of hydrogen-bond acceptors (Lipinski definition) is 6. The van der Waals surface area contributed by atoms with Crippen LogP contribution in [0.15, 0.2) is 36.8 Å². The van der Waals surface area contributed by atoms with Crippen LogP contribution in [0.25, 0.3) is 11.0 Å². The van der Waals surface area contributed by atoms with Crippen LogP contribution in [-0.2, 0) is 11.8 Å². The van der Waals surface area contributed by atoms with Gasteiger partial charge in [-0.2, -0.15) is 5.10 Å². The monoisotopic (exact) mass is 409 g/mol. The number of hydrogen-bond donors (Lipinski definition) is 1. The van der Waals surface area contributed by atoms with E-state index < -0.39 is 6.04 Å². The van der Waals surface area contributed by atoms with Crippen LogP contribution in [0.3, 0.4) is 0 Å². The summed E-state index contributed by atoms with van der Waals surface area (Å²) in [6, 6.07) is 6.12. The smallest absolute Gasteiger partial charge is 0.242 e. The standard InChI is InChI=1S/C21H24FN7O/c1-27-19-17(12-25-27)20(24-13-23-19)29-10-8-28(9-11-29)18(21(30)26-16-6-7-16)14-2-4-15(22)5-3-14/h2-5,12-13,16,18H,6-11H2,1H3,(H,26,30). The van der Waals surface area contributed by atoms with Gasteiger partial charge in [-0.3, -0.25) is 14.4 Å². The SMILES string of the molecule is Cn1ncc2c(N3CCN(C(C(=O)NC4CC4)c4ccc(F)cc4)CC3)ncnc21. The summed E-state index contributed by atoms with van der Waals surface area (Å²) in [6.07, 6.45) is 5.42. The van der Waals surface area contributed by atoms with Crippen molar-refractivity contribution in [3.05, 3.63) is 48.2 Å². The molecule has 156 valence electrons. The van der Waals surface area contributed by atoms with Crippen LogP contribution in [0.5, 0.6) is 0 Å². The van der Waals surface area contributed by atoms with Crippen molar-refractivity contribution >= 4 is 22.8 Å². The van der Waals surface area contributed by atoms with E-state index in [1.807, 2.05) is 7.05 Å². The Morgan fingerprint density at radius 2 is 1.87 bits per heavy atom. The Morgan fingerprint density at radius 1 is 1.13 bits per heavy atom. The molecular formula is C21H24FN7O. The molecule has 3 aromatic rings. The molecule has 1 unspecified atom stereocenters. The van der Waals surface area contributed by atoms with Gasteiger partial charge in [0.15, 0.2) is 5.65 Å². The minimum atomic E-state index is -0.419. The van der Waals surface area contributed by atoms with Gasteiger partial charge < -0.3 is 10.2 Å². The first-order valence-electron chi connectivity index (χ1n) is 10.3. The van der Waals surface area contributed by atoms with Crippen LogP contribution in [0, 0.1) is 5.82 Å². The Hall–Kier alpha value is -3.07. The average molecular weight is 409 g/mol. The topological polar surface area (TPSA) is 79.2 Å². The maximum atomic E-state index is 13.4. The van der Waals surface area contributed by atoms with Crippen molar-refractivity contribution in [3.63, 3.8) is 0 Å². The molecule has 1 amide bonds. The summed E-state index contributed by atoms with van der Waals surface area (Å²) in [4.78, 5) is 26.2. The molecule has 1 N–H and O–H groups in total. The predicted octanol–water partition coefficient (Wildman–Crippen LogP) is 1.64. The highest BCUT2D eigenvalue weighted by molar-refractivity contribution is 5.87. The van der Waals surface area contributed by atoms with E-state index in [4.69, 9.17) is 0 Å². The summed E-state index contributed by atoms with van der Waals surface area (Å²) >= 11 is 0. The number of carbonyl (C=O) groups is 1. The van der Waals surface area contributed by atoms with Gasteiger partial charge in [-0.1, -0.05) is 12.1 Å². The van der Waals surface area contributed by atoms with Gasteiger partial charge in [-0.25, -0.2) is 14.4 Å². The highest BCUT2D eigenvalue weighted by atomic mass is 19.1. The predicted molar refractivity (Wildman–Crippen MR) is 110 cm³/mol. The Balaban J connectivity index is 1.35. The Kier molecular flexibility index (Phi) is 4.82. The summed E-state index contributed by atoms with van der Waals surface area (Å²) in [5.41, 5.74) is 1.62. The summed E-state index contributed by atoms with van der Waals surface area (Å²) < 4.78 is 15.2. The van der Waals surface area contributed by atoms with Crippen LogP contribution in [0.1, 0.15) is 24.4 Å². The second-order valence-electron chi connectivity index (χ2n) is 7.96. The van der Waals surface area contributed by atoms with Crippen molar-refractivity contribution in [2.45, 2.75) is 24.9 Å². The van der Waals surface area contributed by atoms with Gasteiger partial charge in [-0.05, 0) is 30.5 Å². The molecule has 9 heteroatoms. The number of carbonyl (C=O) groups excluding carboxylic acids is 1. The Morgan fingerprint density at radius 3 is 2.57 bits per heavy atom. The fourth-order valence-electron chi connectivity index (χ4n) is 4.07. The fourth-order valence-corrected chi connectivity index (χ4v) is 4.07. The lowest BCUT2D eigenvalue weighted by Gasteiger charge is -2.39. The largest absolute Gasteiger partial charge is 0.353 e. The van der Waals surface area contributed by atoms with E-state index in [1.54, 1.807) is 29.3 Å². The van der Waals surface area contributed by atoms with E-state index >= 15 is 0 Å². The first-order chi connectivity index (χ1) is 14.6. The van der Waals surface area contributed by atoms with Gasteiger partial charge in [0.1, 0.15) is 24.0 Å². The molecule has 30 heavy (non-hydrogen) atoms. The lowest BCUT2D eigenvalue weighted by atomic mass is 10.0. The highest BCUT2D eigenvalue weighted by Gasteiger charge is 2.34. The van der Waals surface area contributed by atoms with Crippen LogP contribution >= 0.6 is 0 Å². The van der Waals surface area contributed by atoms with E-state index in [0.29, 0.717) is 13.1 Å². The maximum Gasteiger partial charge on any atom is 0.242 e. The number of nitrogens with one attached hydrogen (secondary N) is 1. The van der Waals surface area contributed by atoms with Crippen LogP contribution in [0.2, 0.25) is 0 Å². The third kappa shape index (κ3) is 3.60. The molecule has 1 atom stereocenters. The van der Waals surface area contributed by atoms with Crippen molar-refractivity contribution in [3.8, 4) is 0 Å². The molecule has 1 aromatic carbocycles. The molecule has 2 fully saturated rings. The zero-order valence-electron chi connectivity index (χ0n) is 16.8. The summed E-state index contributed by atoms with van der Waals surface area (Å²) in [5.74, 6) is 0.567. The molecule has 0 spiro atoms. The minimum Gasteiger partial charge on any atom is -0.353 e. The first kappa shape index (κ1) is 18.9. The van der Waals surface area contributed by atoms with E-state index in [2.05, 4.69) is 30.2 Å². The number of amides is 1. The van der Waals surface area contributed by atoms with Crippen molar-refractivity contribution < 1.29 is 9.18 Å². The van der Waals surface area contributed by atoms with Gasteiger partial charge in [0, 0.05) is 39.3 Å². The number of fused-ring (bicyclic) bond motifs is 1. The maximum absolute atomic E-state index is 13.4. The molecule has 1 aliphatic heterocycles. The Bertz CT molecular complexity index is 1050. The molecule has 0 radical (unpaired) electrons. The van der Waals surface area contributed by atoms with Gasteiger partial charge >= 0.3 is 0 Å². The number of benzene rings is 1. The van der Waals surface area contributed by atoms with E-state index in [0.717, 1.165) is 48.3 Å². The molecular weight excluding hydrogens is 385 g/mol. The van der Waals surface area contributed by atoms with E-state index in [9.17, 15) is 9.18 Å². The van der Waals surface area contributed by atoms with Gasteiger partial charge in [-0.15, -0.1) is 0 Å². The minimum absolute atomic E-state index is 0.00533. The second kappa shape index (κ2) is 7.64. The third-order valence-electron chi connectivity index (χ3n) is 5.85. The molecule has 5 rings (SSSR count). The average Bonchev–Trinajstić information content (AvgIpc) is 3.50. The summed E-state index contributed by atoms with van der Waals surface area (Å²) in [5, 5.41) is 8.33. The number of nitrogens with zero attached hydrogens (tertiary/aromatic N) is 6. The molecule has 2 aliphatic rings. The van der Waals surface area contributed by atoms with Crippen molar-refractivity contribution in [1.29, 1.82) is 0 Å². The lowest BCUT2D eigenvalue weighted by Crippen LogP contribution is -2.51. The van der Waals surface area contributed by atoms with Gasteiger partial charge in [0.25, 0.3) is 0 Å². The summed E-state index contributed by atoms with van der Waals surface area (Å²) in [7, 11) is 1.86. The number of aryl methyl sites for hydroxylation is 1. The van der Waals surface area contributed by atoms with E-state index in [1.165, 1.54) is 12.1 Å². The second-order valence-corrected chi connectivity index (χ2v) is 7.96. The molecule has 8 nitrogen and oxygen atoms in total. The van der Waals surface area contributed by atoms with Crippen LogP contribution in [-0.4, -0.2) is 62.8 Å². The molecule has 1 saturated heterocycles. The molecule has 0 bridgehead atoms. The number of rotatable bonds is 5. The first-order valence-corrected chi connectivity index (χ1v) is 10.3. The third-order valence-corrected chi connectivity index (χ3v) is 5.85. The van der Waals surface area contributed by atoms with Crippen molar-refractivity contribution in [1.82, 2.24) is 30.0 Å². The number of anilines is 1. The lowest BCUT2D eigenvalue weighted by molar-refractivity contribution is -0.127. The van der Waals surface area contributed by atoms with Crippen LogP contribution < -0.4 is 10.2 Å². The zero-order chi connectivity index (χ0) is 20.7. The van der Waals surface area contributed by atoms with Gasteiger partial charge in [0.2, 0.25) is 5.91 Å². The molecule has 3 heterocycles. The fraction of sp³-hybridized carbons (Fsp3) is 0.429. The summed E-state index contributed by atoms with van der Waals surface area (Å²) in [6.45, 7) is 2.86. The van der Waals surface area contributed by atoms with Gasteiger partial charge in [0.05, 0.1) is 11.6 Å². The number of aromatic nitrogens is 4. The molecule has 1 saturated carbocycles. The zero-order valence-corrected chi connectivity index (χ0v) is 16.8. The van der Waals surface area contributed by atoms with Crippen LogP contribution in [0.4, 0.5) is 10.2 Å². The number of piperazine rings is 1. The van der Waals surface area contributed by atoms with Crippen molar-refractivity contribution in [2.75, 3.05) is 31.1 Å². The highest BCUT2D eigenvalue weighted by Crippen LogP contribution is 2.28. The molecule has 1 aliphatic carbocycles. The number of halogens is 1. The van der Waals surface area contributed by atoms with Crippen molar-refractivity contribution in [2.24, 2.45) is 7.05 Å². The van der Waals surface area contributed by atoms with E-state index in [-0.39, 0.29) is 17.8 Å². The Labute approximate surface area is 173 Å². The quantitative estimate of drug-likeness (QED) is 0.690. The molecule has 2 aromatic heterocycles.